The lowest BCUT2D eigenvalue weighted by Gasteiger charge is -2.06. The van der Waals surface area contributed by atoms with Crippen LogP contribution in [0.5, 0.6) is 0 Å². The first-order valence-corrected chi connectivity index (χ1v) is 15.3. The van der Waals surface area contributed by atoms with Crippen LogP contribution in [0.2, 0.25) is 0 Å². The summed E-state index contributed by atoms with van der Waals surface area (Å²) in [4.78, 5) is 50.6. The molecule has 3 aromatic carbocycles. The number of fused-ring (bicyclic) bond motifs is 9. The Labute approximate surface area is 281 Å². The number of nitrogens with zero attached hydrogens (tertiary/aromatic N) is 4. The first-order valence-electron chi connectivity index (χ1n) is 15.3. The molecule has 0 aliphatic carbocycles. The maximum absolute atomic E-state index is 12.3. The molecule has 7 aromatic rings. The second-order valence-corrected chi connectivity index (χ2v) is 11.5. The summed E-state index contributed by atoms with van der Waals surface area (Å²) in [5, 5.41) is 36.8. The molecule has 1 aliphatic rings. The largest absolute Gasteiger partial charge is 0.354 e. The van der Waals surface area contributed by atoms with Crippen LogP contribution in [0, 0.1) is 30.3 Å². The molecule has 8 bridgehead atoms. The minimum absolute atomic E-state index is 0.108. The van der Waals surface area contributed by atoms with Gasteiger partial charge in [-0.3, -0.25) is 30.3 Å². The van der Waals surface area contributed by atoms with Crippen molar-refractivity contribution >= 4 is 62.3 Å². The van der Waals surface area contributed by atoms with Gasteiger partial charge in [0.15, 0.2) is 0 Å². The lowest BCUT2D eigenvalue weighted by Crippen LogP contribution is -1.95. The van der Waals surface area contributed by atoms with Gasteiger partial charge in [-0.1, -0.05) is 36.4 Å². The first-order chi connectivity index (χ1) is 24.3. The van der Waals surface area contributed by atoms with Gasteiger partial charge in [0.25, 0.3) is 17.1 Å². The maximum Gasteiger partial charge on any atom is 0.277 e. The molecule has 0 unspecified atom stereocenters. The van der Waals surface area contributed by atoms with Gasteiger partial charge < -0.3 is 15.0 Å². The number of H-pyrrole nitrogens is 3. The molecular formula is C37H23N7O6. The first kappa shape index (κ1) is 30.0. The fraction of sp³-hybridized carbons (Fsp3) is 0. The van der Waals surface area contributed by atoms with Crippen LogP contribution in [0.4, 0.5) is 17.1 Å². The highest BCUT2D eigenvalue weighted by molar-refractivity contribution is 6.02. The second kappa shape index (κ2) is 11.7. The molecular weight excluding hydrogens is 638 g/mol. The second-order valence-electron chi connectivity index (χ2n) is 11.5. The van der Waals surface area contributed by atoms with Gasteiger partial charge in [0.1, 0.15) is 0 Å². The quantitative estimate of drug-likeness (QED) is 0.117. The Morgan fingerprint density at radius 1 is 0.400 bits per heavy atom. The lowest BCUT2D eigenvalue weighted by molar-refractivity contribution is -0.384. The highest BCUT2D eigenvalue weighted by Gasteiger charge is 2.24. The zero-order chi connectivity index (χ0) is 34.5. The molecule has 50 heavy (non-hydrogen) atoms. The van der Waals surface area contributed by atoms with Gasteiger partial charge in [-0.05, 0) is 66.7 Å². The van der Waals surface area contributed by atoms with Crippen LogP contribution >= 0.6 is 0 Å². The molecule has 8 rings (SSSR count). The summed E-state index contributed by atoms with van der Waals surface area (Å²) >= 11 is 0. The number of hydrogen-bond acceptors (Lipinski definition) is 7. The van der Waals surface area contributed by atoms with Crippen LogP contribution in [-0.4, -0.2) is 34.7 Å². The van der Waals surface area contributed by atoms with E-state index in [2.05, 4.69) is 15.0 Å². The predicted octanol–water partition coefficient (Wildman–Crippen LogP) is 9.42. The molecule has 3 N–H and O–H groups in total. The van der Waals surface area contributed by atoms with E-state index in [0.29, 0.717) is 72.3 Å². The molecule has 13 nitrogen and oxygen atoms in total. The van der Waals surface area contributed by atoms with E-state index in [9.17, 15) is 30.3 Å². The topological polar surface area (TPSA) is 190 Å². The zero-order valence-electron chi connectivity index (χ0n) is 25.8. The molecule has 4 aromatic heterocycles. The highest BCUT2D eigenvalue weighted by Crippen LogP contribution is 2.41. The van der Waals surface area contributed by atoms with Gasteiger partial charge in [-0.25, -0.2) is 4.98 Å². The summed E-state index contributed by atoms with van der Waals surface area (Å²) in [7, 11) is 0. The van der Waals surface area contributed by atoms with Crippen LogP contribution in [0.3, 0.4) is 0 Å². The minimum atomic E-state index is -0.470. The summed E-state index contributed by atoms with van der Waals surface area (Å²) < 4.78 is 0. The third-order valence-electron chi connectivity index (χ3n) is 8.69. The van der Waals surface area contributed by atoms with Crippen molar-refractivity contribution in [3.05, 3.63) is 151 Å². The maximum atomic E-state index is 12.3. The number of nitro benzene ring substituents is 3. The summed E-state index contributed by atoms with van der Waals surface area (Å²) in [6, 6.07) is 29.9. The predicted molar refractivity (Wildman–Crippen MR) is 191 cm³/mol. The molecule has 0 atom stereocenters. The van der Waals surface area contributed by atoms with E-state index in [-0.39, 0.29) is 22.6 Å². The molecule has 0 fully saturated rings. The summed E-state index contributed by atoms with van der Waals surface area (Å²) in [5.74, 6) is 0. The van der Waals surface area contributed by atoms with Crippen molar-refractivity contribution in [2.24, 2.45) is 0 Å². The fourth-order valence-electron chi connectivity index (χ4n) is 6.53. The summed E-state index contributed by atoms with van der Waals surface area (Å²) in [6.07, 6.45) is 3.44. The standard InChI is InChI=1S/C37H23N7O6/c45-42(46)32-10-4-1-7-21(32)35-26-15-13-24(38-26)25-14-16-27(39-25)36(22-8-2-5-11-33(22)43(47)48)29-18-20-31(41-29)37(30-19-17-28(35)40-30)23-9-3-6-12-34(23)44(49)50/h1-20,38-40H. The van der Waals surface area contributed by atoms with Crippen molar-refractivity contribution in [1.82, 2.24) is 19.9 Å². The highest BCUT2D eigenvalue weighted by atomic mass is 16.6. The number of benzene rings is 3. The Morgan fingerprint density at radius 3 is 1.08 bits per heavy atom. The number of hydrogen-bond donors (Lipinski definition) is 3. The Morgan fingerprint density at radius 2 is 0.700 bits per heavy atom. The Kier molecular flexibility index (Phi) is 7.00. The van der Waals surface area contributed by atoms with Crippen molar-refractivity contribution in [2.75, 3.05) is 0 Å². The molecule has 5 heterocycles. The van der Waals surface area contributed by atoms with E-state index in [1.165, 1.54) is 18.2 Å². The number of nitro groups is 3. The van der Waals surface area contributed by atoms with Crippen molar-refractivity contribution < 1.29 is 14.8 Å². The minimum Gasteiger partial charge on any atom is -0.354 e. The van der Waals surface area contributed by atoms with Gasteiger partial charge >= 0.3 is 0 Å². The monoisotopic (exact) mass is 661 g/mol. The number of aromatic amines is 3. The van der Waals surface area contributed by atoms with Crippen molar-refractivity contribution in [1.29, 1.82) is 0 Å². The molecule has 0 spiro atoms. The van der Waals surface area contributed by atoms with Gasteiger partial charge in [-0.2, -0.15) is 0 Å². The summed E-state index contributed by atoms with van der Waals surface area (Å²) in [5.41, 5.74) is 6.10. The molecule has 242 valence electrons. The number of para-hydroxylation sites is 3. The van der Waals surface area contributed by atoms with Crippen molar-refractivity contribution in [3.8, 4) is 33.4 Å². The summed E-state index contributed by atoms with van der Waals surface area (Å²) in [6.45, 7) is 0. The van der Waals surface area contributed by atoms with E-state index >= 15 is 0 Å². The van der Waals surface area contributed by atoms with Crippen molar-refractivity contribution in [2.45, 2.75) is 0 Å². The van der Waals surface area contributed by atoms with E-state index in [4.69, 9.17) is 4.98 Å². The SMILES string of the molecule is O=[N+]([O-])c1ccccc1-c1c2nc(c(-c3ccccc3[N+](=O)[O-])c3ccc([nH]3)c3ccc([nH]3)c(-c3ccccc3[N+](=O)[O-])c3ccc1[nH]3)C=C2. The normalized spacial score (nSPS) is 11.6. The van der Waals surface area contributed by atoms with Crippen LogP contribution in [0.25, 0.3) is 78.6 Å². The van der Waals surface area contributed by atoms with Gasteiger partial charge in [0, 0.05) is 57.0 Å². The Balaban J connectivity index is 1.60. The van der Waals surface area contributed by atoms with Gasteiger partial charge in [0.05, 0.1) is 53.9 Å². The molecule has 0 amide bonds. The van der Waals surface area contributed by atoms with Crippen LogP contribution in [-0.2, 0) is 0 Å². The van der Waals surface area contributed by atoms with Crippen LogP contribution in [0.1, 0.15) is 11.4 Å². The van der Waals surface area contributed by atoms with Crippen molar-refractivity contribution in [3.63, 3.8) is 0 Å². The third kappa shape index (κ3) is 4.93. The van der Waals surface area contributed by atoms with E-state index in [1.54, 1.807) is 84.9 Å². The average Bonchev–Trinajstić information content (AvgIpc) is 3.95. The Bertz CT molecular complexity index is 2720. The third-order valence-corrected chi connectivity index (χ3v) is 8.69. The van der Waals surface area contributed by atoms with Gasteiger partial charge in [0.2, 0.25) is 0 Å². The Hall–Kier alpha value is -7.41. The van der Waals surface area contributed by atoms with Crippen LogP contribution in [0.15, 0.2) is 109 Å². The average molecular weight is 662 g/mol. The van der Waals surface area contributed by atoms with Gasteiger partial charge in [-0.15, -0.1) is 0 Å². The lowest BCUT2D eigenvalue weighted by atomic mass is 10.0. The number of rotatable bonds is 6. The molecule has 1 aliphatic heterocycles. The van der Waals surface area contributed by atoms with E-state index < -0.39 is 14.8 Å². The number of nitrogens with one attached hydrogen (secondary N) is 3. The zero-order valence-corrected chi connectivity index (χ0v) is 25.8. The van der Waals surface area contributed by atoms with E-state index in [1.807, 2.05) is 18.2 Å². The molecule has 0 saturated carbocycles. The molecule has 13 heteroatoms. The molecule has 0 radical (unpaired) electrons. The van der Waals surface area contributed by atoms with Crippen LogP contribution < -0.4 is 0 Å². The van der Waals surface area contributed by atoms with E-state index in [0.717, 1.165) is 0 Å². The molecule has 0 saturated heterocycles. The smallest absolute Gasteiger partial charge is 0.277 e. The fourth-order valence-corrected chi connectivity index (χ4v) is 6.53. The number of aromatic nitrogens is 4.